The Hall–Kier alpha value is -3.55. The second kappa shape index (κ2) is 6.56. The topological polar surface area (TPSA) is 92.6 Å². The predicted octanol–water partition coefficient (Wildman–Crippen LogP) is 2.36. The molecule has 1 aliphatic heterocycles. The van der Waals surface area contributed by atoms with E-state index < -0.39 is 0 Å². The van der Waals surface area contributed by atoms with Gasteiger partial charge in [0.05, 0.1) is 23.2 Å². The van der Waals surface area contributed by atoms with Gasteiger partial charge in [-0.1, -0.05) is 24.3 Å². The third-order valence-corrected chi connectivity index (χ3v) is 5.23. The van der Waals surface area contributed by atoms with Crippen LogP contribution < -0.4 is 0 Å². The molecule has 0 aliphatic carbocycles. The maximum atomic E-state index is 13.4. The number of aryl methyl sites for hydroxylation is 1. The van der Waals surface area contributed by atoms with Gasteiger partial charge in [-0.2, -0.15) is 0 Å². The van der Waals surface area contributed by atoms with Crippen LogP contribution >= 0.6 is 0 Å². The Morgan fingerprint density at radius 1 is 1.25 bits per heavy atom. The van der Waals surface area contributed by atoms with Crippen LogP contribution in [0.25, 0.3) is 10.9 Å². The second-order valence-electron chi connectivity index (χ2n) is 6.79. The summed E-state index contributed by atoms with van der Waals surface area (Å²) in [6.07, 6.45) is 3.98. The Kier molecular flexibility index (Phi) is 3.89. The van der Waals surface area contributed by atoms with Gasteiger partial charge in [0.1, 0.15) is 12.4 Å². The fraction of sp³-hybridized carbons (Fsp3) is 0.250. The quantitative estimate of drug-likeness (QED) is 0.595. The molecule has 4 heterocycles. The van der Waals surface area contributed by atoms with Gasteiger partial charge in [0.25, 0.3) is 5.91 Å². The minimum Gasteiger partial charge on any atom is -0.348 e. The fourth-order valence-corrected chi connectivity index (χ4v) is 3.81. The van der Waals surface area contributed by atoms with Crippen molar-refractivity contribution in [1.29, 1.82) is 0 Å². The third kappa shape index (κ3) is 2.57. The lowest BCUT2D eigenvalue weighted by Crippen LogP contribution is -2.42. The number of aromatic nitrogens is 6. The zero-order chi connectivity index (χ0) is 19.1. The number of fused-ring (bicyclic) bond motifs is 2. The number of nitrogens with one attached hydrogen (secondary N) is 1. The van der Waals surface area contributed by atoms with E-state index in [4.69, 9.17) is 4.98 Å². The molecular formula is C20H19N7O. The lowest BCUT2D eigenvalue weighted by atomic mass is 9.98. The van der Waals surface area contributed by atoms with Crippen LogP contribution in [0.1, 0.15) is 40.7 Å². The van der Waals surface area contributed by atoms with Crippen LogP contribution in [0.5, 0.6) is 0 Å². The summed E-state index contributed by atoms with van der Waals surface area (Å²) >= 11 is 0. The van der Waals surface area contributed by atoms with Crippen LogP contribution in [-0.2, 0) is 13.0 Å². The Balaban J connectivity index is 1.63. The van der Waals surface area contributed by atoms with Crippen molar-refractivity contribution >= 4 is 16.8 Å². The molecule has 0 bridgehead atoms. The standard InChI is InChI=1S/C20H19N7O/c1-2-26-12-23-25-19(26)20(28)27-10-9-15-17(22-11-21-15)18(27)16-8-7-13-5-3-4-6-14(13)24-16/h3-8,11-12,18H,2,9-10H2,1H3,(H,21,22)/t18-/m0/s1. The highest BCUT2D eigenvalue weighted by Gasteiger charge is 2.37. The van der Waals surface area contributed by atoms with E-state index in [2.05, 4.69) is 20.2 Å². The molecule has 1 atom stereocenters. The van der Waals surface area contributed by atoms with E-state index in [-0.39, 0.29) is 11.9 Å². The minimum atomic E-state index is -0.367. The molecule has 4 aromatic rings. The fourth-order valence-electron chi connectivity index (χ4n) is 3.81. The van der Waals surface area contributed by atoms with Crippen LogP contribution in [0.3, 0.4) is 0 Å². The van der Waals surface area contributed by atoms with Crippen LogP contribution in [-0.4, -0.2) is 47.1 Å². The van der Waals surface area contributed by atoms with E-state index >= 15 is 0 Å². The van der Waals surface area contributed by atoms with Crippen molar-refractivity contribution < 1.29 is 4.79 Å². The van der Waals surface area contributed by atoms with Gasteiger partial charge in [-0.3, -0.25) is 9.78 Å². The van der Waals surface area contributed by atoms with Gasteiger partial charge in [0.15, 0.2) is 0 Å². The Bertz CT molecular complexity index is 1160. The van der Waals surface area contributed by atoms with E-state index in [0.29, 0.717) is 25.3 Å². The molecule has 0 radical (unpaired) electrons. The summed E-state index contributed by atoms with van der Waals surface area (Å²) in [5, 5.41) is 9.03. The van der Waals surface area contributed by atoms with Crippen molar-refractivity contribution in [1.82, 2.24) is 34.6 Å². The molecule has 1 aliphatic rings. The average molecular weight is 373 g/mol. The highest BCUT2D eigenvalue weighted by atomic mass is 16.2. The maximum absolute atomic E-state index is 13.4. The lowest BCUT2D eigenvalue weighted by Gasteiger charge is -2.34. The number of carbonyl (C=O) groups excluding carboxylic acids is 1. The summed E-state index contributed by atoms with van der Waals surface area (Å²) in [6, 6.07) is 11.6. The molecule has 1 N–H and O–H groups in total. The molecule has 1 aromatic carbocycles. The number of hydrogen-bond donors (Lipinski definition) is 1. The molecule has 1 amide bonds. The molecule has 0 saturated carbocycles. The Morgan fingerprint density at radius 3 is 3.04 bits per heavy atom. The third-order valence-electron chi connectivity index (χ3n) is 5.23. The van der Waals surface area contributed by atoms with E-state index in [1.807, 2.05) is 43.3 Å². The number of aromatic amines is 1. The van der Waals surface area contributed by atoms with Gasteiger partial charge in [-0.25, -0.2) is 4.98 Å². The first-order chi connectivity index (χ1) is 13.8. The number of H-pyrrole nitrogens is 1. The van der Waals surface area contributed by atoms with E-state index in [9.17, 15) is 4.79 Å². The average Bonchev–Trinajstić information content (AvgIpc) is 3.41. The van der Waals surface area contributed by atoms with Gasteiger partial charge < -0.3 is 14.5 Å². The second-order valence-corrected chi connectivity index (χ2v) is 6.79. The molecule has 5 rings (SSSR count). The highest BCUT2D eigenvalue weighted by molar-refractivity contribution is 5.91. The van der Waals surface area contributed by atoms with Crippen LogP contribution in [0.15, 0.2) is 49.1 Å². The number of carbonyl (C=O) groups is 1. The molecule has 140 valence electrons. The number of nitrogens with zero attached hydrogens (tertiary/aromatic N) is 6. The summed E-state index contributed by atoms with van der Waals surface area (Å²) in [5.41, 5.74) is 3.57. The predicted molar refractivity (Wildman–Crippen MR) is 103 cm³/mol. The van der Waals surface area contributed by atoms with Crippen LogP contribution in [0, 0.1) is 0 Å². The van der Waals surface area contributed by atoms with Crippen molar-refractivity contribution in [3.05, 3.63) is 72.0 Å². The number of benzene rings is 1. The van der Waals surface area contributed by atoms with Crippen molar-refractivity contribution in [2.45, 2.75) is 25.9 Å². The summed E-state index contributed by atoms with van der Waals surface area (Å²) in [4.78, 5) is 27.7. The molecule has 8 heteroatoms. The maximum Gasteiger partial charge on any atom is 0.292 e. The van der Waals surface area contributed by atoms with Gasteiger partial charge in [0.2, 0.25) is 5.82 Å². The first kappa shape index (κ1) is 16.6. The number of para-hydroxylation sites is 1. The monoisotopic (exact) mass is 373 g/mol. The number of hydrogen-bond acceptors (Lipinski definition) is 5. The molecule has 0 spiro atoms. The molecule has 3 aromatic heterocycles. The number of rotatable bonds is 3. The number of pyridine rings is 1. The molecule has 0 unspecified atom stereocenters. The minimum absolute atomic E-state index is 0.159. The van der Waals surface area contributed by atoms with Crippen molar-refractivity contribution in [2.24, 2.45) is 0 Å². The largest absolute Gasteiger partial charge is 0.348 e. The normalized spacial score (nSPS) is 16.3. The number of amides is 1. The van der Waals surface area contributed by atoms with Gasteiger partial charge in [-0.15, -0.1) is 10.2 Å². The van der Waals surface area contributed by atoms with E-state index in [0.717, 1.165) is 28.0 Å². The highest BCUT2D eigenvalue weighted by Crippen LogP contribution is 2.34. The molecule has 28 heavy (non-hydrogen) atoms. The Morgan fingerprint density at radius 2 is 2.14 bits per heavy atom. The summed E-state index contributed by atoms with van der Waals surface area (Å²) in [5.74, 6) is 0.181. The van der Waals surface area contributed by atoms with E-state index in [1.54, 1.807) is 22.1 Å². The first-order valence-electron chi connectivity index (χ1n) is 9.33. The summed E-state index contributed by atoms with van der Waals surface area (Å²) < 4.78 is 1.76. The number of imidazole rings is 1. The molecule has 8 nitrogen and oxygen atoms in total. The lowest BCUT2D eigenvalue weighted by molar-refractivity contribution is 0.0669. The summed E-state index contributed by atoms with van der Waals surface area (Å²) in [6.45, 7) is 3.16. The van der Waals surface area contributed by atoms with Gasteiger partial charge in [-0.05, 0) is 19.1 Å². The van der Waals surface area contributed by atoms with Gasteiger partial charge >= 0.3 is 0 Å². The molecule has 0 saturated heterocycles. The zero-order valence-corrected chi connectivity index (χ0v) is 15.4. The molecular weight excluding hydrogens is 354 g/mol. The summed E-state index contributed by atoms with van der Waals surface area (Å²) in [7, 11) is 0. The van der Waals surface area contributed by atoms with E-state index in [1.165, 1.54) is 0 Å². The van der Waals surface area contributed by atoms with Crippen LogP contribution in [0.4, 0.5) is 0 Å². The van der Waals surface area contributed by atoms with Crippen molar-refractivity contribution in [3.8, 4) is 0 Å². The smallest absolute Gasteiger partial charge is 0.292 e. The SMILES string of the molecule is CCn1cnnc1C(=O)N1CCc2[nH]cnc2[C@@H]1c1ccc2ccccc2n1. The zero-order valence-electron chi connectivity index (χ0n) is 15.4. The molecule has 0 fully saturated rings. The van der Waals surface area contributed by atoms with Crippen LogP contribution in [0.2, 0.25) is 0 Å². The Labute approximate surface area is 161 Å². The van der Waals surface area contributed by atoms with Gasteiger partial charge in [0, 0.05) is 30.6 Å². The van der Waals surface area contributed by atoms with Crippen molar-refractivity contribution in [2.75, 3.05) is 6.54 Å². The first-order valence-corrected chi connectivity index (χ1v) is 9.33. The van der Waals surface area contributed by atoms with Crippen molar-refractivity contribution in [3.63, 3.8) is 0 Å².